The van der Waals surface area contributed by atoms with E-state index in [0.29, 0.717) is 18.7 Å². The zero-order valence-electron chi connectivity index (χ0n) is 41.2. The van der Waals surface area contributed by atoms with Crippen molar-refractivity contribution in [3.8, 4) is 0 Å². The van der Waals surface area contributed by atoms with Crippen molar-refractivity contribution in [2.24, 2.45) is 5.41 Å². The van der Waals surface area contributed by atoms with E-state index in [-0.39, 0.29) is 31.2 Å². The fourth-order valence-corrected chi connectivity index (χ4v) is 6.88. The van der Waals surface area contributed by atoms with Crippen LogP contribution in [0.2, 0.25) is 0 Å². The molecule has 12 amide bonds. The van der Waals surface area contributed by atoms with Gasteiger partial charge >= 0.3 is 5.97 Å². The van der Waals surface area contributed by atoms with Crippen molar-refractivity contribution in [3.63, 3.8) is 0 Å². The Bertz CT molecular complexity index is 2130. The number of carboxylic acid groups (broad SMARTS) is 1. The third-order valence-electron chi connectivity index (χ3n) is 11.9. The van der Waals surface area contributed by atoms with Crippen LogP contribution in [-0.4, -0.2) is 194 Å². The fourth-order valence-electron chi connectivity index (χ4n) is 6.88. The lowest BCUT2D eigenvalue weighted by Gasteiger charge is -2.48. The van der Waals surface area contributed by atoms with Crippen LogP contribution in [0, 0.1) is 5.41 Å². The van der Waals surface area contributed by atoms with Gasteiger partial charge in [-0.05, 0) is 52.5 Å². The van der Waals surface area contributed by atoms with E-state index in [9.17, 15) is 67.4 Å². The van der Waals surface area contributed by atoms with E-state index >= 15 is 0 Å². The van der Waals surface area contributed by atoms with Crippen LogP contribution in [0.3, 0.4) is 0 Å². The Kier molecular flexibility index (Phi) is 24.1. The van der Waals surface area contributed by atoms with Crippen LogP contribution >= 0.6 is 0 Å². The predicted molar refractivity (Wildman–Crippen MR) is 252 cm³/mol. The summed E-state index contributed by atoms with van der Waals surface area (Å²) in [6.45, 7) is 3.34. The molecule has 0 aliphatic carbocycles. The number of carbonyl (C=O) groups excluding carboxylic acids is 12. The van der Waals surface area contributed by atoms with Gasteiger partial charge in [-0.15, -0.1) is 0 Å². The summed E-state index contributed by atoms with van der Waals surface area (Å²) >= 11 is 0. The highest BCUT2D eigenvalue weighted by molar-refractivity contribution is 6.00. The summed E-state index contributed by atoms with van der Waals surface area (Å²) in [6.07, 6.45) is 2.79. The van der Waals surface area contributed by atoms with Crippen molar-refractivity contribution in [1.29, 1.82) is 0 Å². The first-order valence-corrected chi connectivity index (χ1v) is 22.9. The molecule has 1 heterocycles. The molecule has 0 spiro atoms. The largest absolute Gasteiger partial charge is 0.481 e. The second kappa shape index (κ2) is 28.7. The monoisotopic (exact) mass is 1000 g/mol. The molecule has 0 aromatic heterocycles. The SMILES string of the molecule is CCC(=O)NCC(=O)NCC(=O)NCC(=O)NCC(=O)NCC(=O)NCC(=O)NCC(=O)NCC(=O)N(C)C(C)(C(=O)N(C)[C@@H](Cc1ccccc1)C(=O)N[C@@H](C)C(=O)N1CCCCC1)C(C)(C)C(=O)O. The molecule has 1 unspecified atom stereocenters. The molecule has 0 radical (unpaired) electrons. The van der Waals surface area contributed by atoms with E-state index in [1.54, 1.807) is 49.1 Å². The highest BCUT2D eigenvalue weighted by atomic mass is 16.4. The Morgan fingerprint density at radius 2 is 0.972 bits per heavy atom. The van der Waals surface area contributed by atoms with Gasteiger partial charge in [-0.3, -0.25) is 62.3 Å². The highest BCUT2D eigenvalue weighted by Crippen LogP contribution is 2.38. The molecule has 1 fully saturated rings. The Labute approximate surface area is 411 Å². The molecule has 1 aliphatic heterocycles. The predicted octanol–water partition coefficient (Wildman–Crippen LogP) is -4.76. The van der Waals surface area contributed by atoms with Crippen molar-refractivity contribution in [1.82, 2.24) is 62.6 Å². The number of carboxylic acids is 1. The van der Waals surface area contributed by atoms with Crippen molar-refractivity contribution in [2.75, 3.05) is 79.5 Å². The molecule has 1 aromatic rings. The maximum absolute atomic E-state index is 14.7. The van der Waals surface area contributed by atoms with Crippen LogP contribution in [0.5, 0.6) is 0 Å². The van der Waals surface area contributed by atoms with Crippen LogP contribution in [0.15, 0.2) is 30.3 Å². The Balaban J connectivity index is 1.92. The van der Waals surface area contributed by atoms with Gasteiger partial charge < -0.3 is 67.7 Å². The zero-order chi connectivity index (χ0) is 53.5. The summed E-state index contributed by atoms with van der Waals surface area (Å²) in [5.74, 6) is -10.1. The second-order valence-corrected chi connectivity index (χ2v) is 17.3. The minimum atomic E-state index is -2.20. The van der Waals surface area contributed by atoms with E-state index in [0.717, 1.165) is 29.1 Å². The van der Waals surface area contributed by atoms with Crippen molar-refractivity contribution >= 4 is 76.9 Å². The van der Waals surface area contributed by atoms with E-state index in [1.165, 1.54) is 34.9 Å². The van der Waals surface area contributed by atoms with Gasteiger partial charge in [0.25, 0.3) is 0 Å². The summed E-state index contributed by atoms with van der Waals surface area (Å²) < 4.78 is 0. The number of aliphatic carboxylic acids is 1. The first-order chi connectivity index (χ1) is 33.3. The molecule has 26 nitrogen and oxygen atoms in total. The standard InChI is InChI=1S/C45H68N12O14/c1-8-31(58)46-20-32(59)47-21-33(60)48-22-34(61)49-23-35(62)50-24-36(63)51-25-37(64)52-26-38(65)53-27-39(66)56(7)45(5,44(3,4)43(70)71)42(69)55(6)30(19-29-15-11-9-12-16-29)40(67)54-28(2)41(68)57-17-13-10-14-18-57/h9,11-12,15-16,28,30H,8,10,13-14,17-27H2,1-7H3,(H,46,58)(H,47,59)(H,48,60)(H,49,61)(H,50,62)(H,51,63)(H,52,64)(H,53,65)(H,54,67)(H,70,71)/t28-,30-,45?/m0/s1. The number of rotatable bonds is 27. The molecular formula is C45H68N12O14. The number of benzene rings is 1. The van der Waals surface area contributed by atoms with Gasteiger partial charge in [0.2, 0.25) is 70.9 Å². The quantitative estimate of drug-likeness (QED) is 0.0396. The number of hydrogen-bond donors (Lipinski definition) is 10. The van der Waals surface area contributed by atoms with Gasteiger partial charge in [0.05, 0.1) is 57.8 Å². The minimum Gasteiger partial charge on any atom is -0.481 e. The van der Waals surface area contributed by atoms with Gasteiger partial charge in [0.1, 0.15) is 17.6 Å². The fraction of sp³-hybridized carbons (Fsp3) is 0.578. The van der Waals surface area contributed by atoms with Gasteiger partial charge in [0.15, 0.2) is 0 Å². The number of likely N-dealkylation sites (N-methyl/N-ethyl adjacent to an activating group) is 2. The molecule has 3 atom stereocenters. The highest BCUT2D eigenvalue weighted by Gasteiger charge is 2.58. The number of hydrogen-bond acceptors (Lipinski definition) is 13. The number of likely N-dealkylation sites (tertiary alicyclic amines) is 1. The van der Waals surface area contributed by atoms with E-state index in [4.69, 9.17) is 0 Å². The summed E-state index contributed by atoms with van der Waals surface area (Å²) in [5.41, 5.74) is -3.55. The van der Waals surface area contributed by atoms with Gasteiger partial charge in [-0.1, -0.05) is 37.3 Å². The molecule has 0 saturated carbocycles. The third kappa shape index (κ3) is 19.0. The molecule has 71 heavy (non-hydrogen) atoms. The molecule has 1 aliphatic rings. The normalized spacial score (nSPS) is 13.8. The Morgan fingerprint density at radius 1 is 0.592 bits per heavy atom. The van der Waals surface area contributed by atoms with Gasteiger partial charge in [-0.2, -0.15) is 0 Å². The Morgan fingerprint density at radius 3 is 1.35 bits per heavy atom. The number of piperidine rings is 1. The third-order valence-corrected chi connectivity index (χ3v) is 11.9. The number of carbonyl (C=O) groups is 13. The van der Waals surface area contributed by atoms with Crippen molar-refractivity contribution in [3.05, 3.63) is 35.9 Å². The molecular weight excluding hydrogens is 933 g/mol. The summed E-state index contributed by atoms with van der Waals surface area (Å²) in [5, 5.41) is 31.0. The van der Waals surface area contributed by atoms with Gasteiger partial charge in [0, 0.05) is 40.0 Å². The number of nitrogens with one attached hydrogen (secondary N) is 9. The molecule has 26 heteroatoms. The topological polar surface area (TPSA) is 360 Å². The molecule has 0 bridgehead atoms. The lowest BCUT2D eigenvalue weighted by Crippen LogP contribution is -2.69. The van der Waals surface area contributed by atoms with Crippen molar-refractivity contribution in [2.45, 2.75) is 84.3 Å². The molecule has 1 saturated heterocycles. The second-order valence-electron chi connectivity index (χ2n) is 17.3. The average molecular weight is 1000 g/mol. The van der Waals surface area contributed by atoms with E-state index < -0.39 is 134 Å². The zero-order valence-corrected chi connectivity index (χ0v) is 41.2. The number of nitrogens with zero attached hydrogens (tertiary/aromatic N) is 3. The maximum Gasteiger partial charge on any atom is 0.312 e. The molecule has 392 valence electrons. The molecule has 1 aromatic carbocycles. The van der Waals surface area contributed by atoms with Crippen LogP contribution in [0.4, 0.5) is 0 Å². The Hall–Kier alpha value is -7.67. The van der Waals surface area contributed by atoms with Crippen molar-refractivity contribution < 1.29 is 67.4 Å². The summed E-state index contributed by atoms with van der Waals surface area (Å²) in [4.78, 5) is 168. The van der Waals surface area contributed by atoms with Crippen LogP contribution in [0.1, 0.15) is 65.9 Å². The molecule has 10 N–H and O–H groups in total. The summed E-state index contributed by atoms with van der Waals surface area (Å²) in [6, 6.07) is 6.48. The first kappa shape index (κ1) is 59.5. The lowest BCUT2D eigenvalue weighted by molar-refractivity contribution is -0.172. The lowest BCUT2D eigenvalue weighted by atomic mass is 9.70. The van der Waals surface area contributed by atoms with E-state index in [1.807, 2.05) is 0 Å². The average Bonchev–Trinajstić information content (AvgIpc) is 3.36. The smallest absolute Gasteiger partial charge is 0.312 e. The van der Waals surface area contributed by atoms with Crippen LogP contribution in [-0.2, 0) is 68.7 Å². The first-order valence-electron chi connectivity index (χ1n) is 22.9. The van der Waals surface area contributed by atoms with Crippen LogP contribution in [0.25, 0.3) is 0 Å². The number of amides is 12. The van der Waals surface area contributed by atoms with Crippen LogP contribution < -0.4 is 47.9 Å². The molecule has 2 rings (SSSR count). The van der Waals surface area contributed by atoms with Gasteiger partial charge in [-0.25, -0.2) is 0 Å². The minimum absolute atomic E-state index is 0.0356. The maximum atomic E-state index is 14.7. The summed E-state index contributed by atoms with van der Waals surface area (Å²) in [7, 11) is 2.48. The van der Waals surface area contributed by atoms with E-state index in [2.05, 4.69) is 47.9 Å².